The van der Waals surface area contributed by atoms with Crippen LogP contribution in [0, 0.1) is 0 Å². The van der Waals surface area contributed by atoms with Gasteiger partial charge in [0, 0.05) is 53.5 Å². The molecule has 6 N–H and O–H groups in total. The van der Waals surface area contributed by atoms with Crippen molar-refractivity contribution in [2.75, 3.05) is 14.2 Å². The maximum absolute atomic E-state index is 12.2. The van der Waals surface area contributed by atoms with Crippen LogP contribution in [0.15, 0.2) is 0 Å². The van der Waals surface area contributed by atoms with Crippen LogP contribution in [0.4, 0.5) is 0 Å². The van der Waals surface area contributed by atoms with Gasteiger partial charge in [-0.2, -0.15) is 0 Å². The lowest BCUT2D eigenvalue weighted by molar-refractivity contribution is 0.111. The SMILES string of the molecule is C=c1c(-c2c(O)c3c(C=O)c(O)c(OC)c(=C(C)C)c3c(O)c2=C)c(O)c2c(C=O)c(O)c(OC)c(=C(C)C)c2c1O. The molecule has 218 valence electrons. The minimum absolute atomic E-state index is 0.0532. The molecule has 10 heteroatoms. The highest BCUT2D eigenvalue weighted by atomic mass is 16.5. The molecule has 0 aliphatic carbocycles. The van der Waals surface area contributed by atoms with Crippen LogP contribution in [0.25, 0.3) is 57.0 Å². The summed E-state index contributed by atoms with van der Waals surface area (Å²) >= 11 is 0. The number of phenolic OH excluding ortho intramolecular Hbond substituents is 6. The summed E-state index contributed by atoms with van der Waals surface area (Å²) in [5.74, 6) is -3.89. The van der Waals surface area contributed by atoms with Crippen molar-refractivity contribution in [2.45, 2.75) is 27.7 Å². The molecule has 0 fully saturated rings. The Bertz CT molecular complexity index is 1960. The van der Waals surface area contributed by atoms with Crippen molar-refractivity contribution >= 4 is 58.4 Å². The van der Waals surface area contributed by atoms with Gasteiger partial charge in [-0.15, -0.1) is 0 Å². The van der Waals surface area contributed by atoms with E-state index in [2.05, 4.69) is 13.2 Å². The second-order valence-electron chi connectivity index (χ2n) is 10.2. The number of methoxy groups -OCH3 is 2. The van der Waals surface area contributed by atoms with Gasteiger partial charge in [-0.1, -0.05) is 24.3 Å². The zero-order valence-electron chi connectivity index (χ0n) is 23.9. The number of carbonyl (C=O) groups is 2. The van der Waals surface area contributed by atoms with E-state index in [9.17, 15) is 40.2 Å². The standard InChI is InChI=1S/C32H30O10/c1-11(2)17-23-21(15(9-33)27(37)31(17)41-7)29(39)19(13(5)25(23)35)20-14(6)26(36)24-18(12(3)4)32(42-8)28(38)16(10-34)22(24)30(20)40/h9-10,35-40H,5-6H2,1-4,7-8H3. The average molecular weight is 575 g/mol. The number of hydrogen-bond donors (Lipinski definition) is 6. The quantitative estimate of drug-likeness (QED) is 0.154. The van der Waals surface area contributed by atoms with E-state index in [4.69, 9.17) is 9.47 Å². The van der Waals surface area contributed by atoms with E-state index in [0.29, 0.717) is 11.1 Å². The first kappa shape index (κ1) is 29.6. The molecule has 0 atom stereocenters. The third-order valence-corrected chi connectivity index (χ3v) is 7.42. The van der Waals surface area contributed by atoms with Gasteiger partial charge in [0.25, 0.3) is 0 Å². The summed E-state index contributed by atoms with van der Waals surface area (Å²) in [6, 6.07) is 0. The molecule has 0 aromatic heterocycles. The molecule has 0 saturated carbocycles. The number of aldehydes is 2. The van der Waals surface area contributed by atoms with Crippen molar-refractivity contribution in [3.05, 3.63) is 32.0 Å². The Kier molecular flexibility index (Phi) is 7.21. The number of carbonyl (C=O) groups excluding carboxylic acids is 2. The maximum Gasteiger partial charge on any atom is 0.169 e. The zero-order valence-corrected chi connectivity index (χ0v) is 23.9. The maximum atomic E-state index is 12.2. The minimum Gasteiger partial charge on any atom is -0.507 e. The van der Waals surface area contributed by atoms with Crippen molar-refractivity contribution in [3.8, 4) is 57.1 Å². The highest BCUT2D eigenvalue weighted by Crippen LogP contribution is 2.47. The lowest BCUT2D eigenvalue weighted by Crippen LogP contribution is -2.20. The number of ether oxygens (including phenoxy) is 2. The fourth-order valence-electron chi connectivity index (χ4n) is 5.62. The van der Waals surface area contributed by atoms with Gasteiger partial charge in [0.2, 0.25) is 0 Å². The molecular formula is C32H30O10. The van der Waals surface area contributed by atoms with E-state index in [-0.39, 0.29) is 77.6 Å². The summed E-state index contributed by atoms with van der Waals surface area (Å²) in [6.45, 7) is 14.4. The molecule has 4 rings (SSSR count). The highest BCUT2D eigenvalue weighted by molar-refractivity contribution is 6.14. The number of hydrogen-bond acceptors (Lipinski definition) is 10. The largest absolute Gasteiger partial charge is 0.507 e. The summed E-state index contributed by atoms with van der Waals surface area (Å²) in [6.07, 6.45) is 0.537. The van der Waals surface area contributed by atoms with Crippen LogP contribution in [-0.2, 0) is 0 Å². The molecule has 0 aliphatic rings. The molecule has 0 unspecified atom stereocenters. The Hall–Kier alpha value is -5.38. The summed E-state index contributed by atoms with van der Waals surface area (Å²) < 4.78 is 10.7. The third kappa shape index (κ3) is 3.72. The second-order valence-corrected chi connectivity index (χ2v) is 10.2. The smallest absolute Gasteiger partial charge is 0.169 e. The van der Waals surface area contributed by atoms with Crippen LogP contribution < -0.4 is 30.3 Å². The molecule has 4 aromatic carbocycles. The molecule has 10 nitrogen and oxygen atoms in total. The molecule has 0 saturated heterocycles. The first-order valence-corrected chi connectivity index (χ1v) is 12.6. The van der Waals surface area contributed by atoms with Crippen molar-refractivity contribution in [1.82, 2.24) is 0 Å². The van der Waals surface area contributed by atoms with E-state index >= 15 is 0 Å². The Morgan fingerprint density at radius 1 is 0.548 bits per heavy atom. The van der Waals surface area contributed by atoms with E-state index in [1.54, 1.807) is 27.7 Å². The number of benzene rings is 4. The predicted molar refractivity (Wildman–Crippen MR) is 160 cm³/mol. The summed E-state index contributed by atoms with van der Waals surface area (Å²) in [5.41, 5.74) is -0.449. The van der Waals surface area contributed by atoms with Gasteiger partial charge in [0.15, 0.2) is 35.6 Å². The van der Waals surface area contributed by atoms with E-state index < -0.39 is 45.6 Å². The highest BCUT2D eigenvalue weighted by Gasteiger charge is 2.30. The van der Waals surface area contributed by atoms with Gasteiger partial charge in [-0.25, -0.2) is 0 Å². The van der Waals surface area contributed by atoms with Gasteiger partial charge in [0.1, 0.15) is 23.0 Å². The Balaban J connectivity index is 2.46. The topological polar surface area (TPSA) is 174 Å². The van der Waals surface area contributed by atoms with Crippen LogP contribution in [0.5, 0.6) is 46.0 Å². The van der Waals surface area contributed by atoms with Gasteiger partial charge >= 0.3 is 0 Å². The second kappa shape index (κ2) is 10.2. The van der Waals surface area contributed by atoms with Crippen LogP contribution >= 0.6 is 0 Å². The van der Waals surface area contributed by atoms with Gasteiger partial charge in [0.05, 0.1) is 25.3 Å². The minimum atomic E-state index is -0.696. The van der Waals surface area contributed by atoms with E-state index in [1.807, 2.05) is 0 Å². The fraction of sp³-hybridized carbons (Fsp3) is 0.188. The number of fused-ring (bicyclic) bond motifs is 2. The molecule has 0 spiro atoms. The molecule has 0 heterocycles. The van der Waals surface area contributed by atoms with Crippen molar-refractivity contribution in [2.24, 2.45) is 0 Å². The first-order chi connectivity index (χ1) is 19.7. The van der Waals surface area contributed by atoms with Gasteiger partial charge in [-0.3, -0.25) is 9.59 Å². The van der Waals surface area contributed by atoms with Crippen LogP contribution in [0.3, 0.4) is 0 Å². The average Bonchev–Trinajstić information content (AvgIpc) is 2.94. The van der Waals surface area contributed by atoms with E-state index in [0.717, 1.165) is 0 Å². The lowest BCUT2D eigenvalue weighted by atomic mass is 9.87. The lowest BCUT2D eigenvalue weighted by Gasteiger charge is -2.20. The molecule has 4 aromatic rings. The van der Waals surface area contributed by atoms with Gasteiger partial charge in [-0.05, 0) is 27.7 Å². The summed E-state index contributed by atoms with van der Waals surface area (Å²) in [5, 5.41) is 67.4. The van der Waals surface area contributed by atoms with Crippen LogP contribution in [0.2, 0.25) is 0 Å². The third-order valence-electron chi connectivity index (χ3n) is 7.42. The van der Waals surface area contributed by atoms with Gasteiger partial charge < -0.3 is 40.1 Å². The zero-order chi connectivity index (χ0) is 31.5. The number of rotatable bonds is 5. The Morgan fingerprint density at radius 2 is 0.857 bits per heavy atom. The monoisotopic (exact) mass is 574 g/mol. The van der Waals surface area contributed by atoms with E-state index in [1.165, 1.54) is 14.2 Å². The molecule has 0 bridgehead atoms. The first-order valence-electron chi connectivity index (χ1n) is 12.6. The van der Waals surface area contributed by atoms with Crippen LogP contribution in [0.1, 0.15) is 48.4 Å². The predicted octanol–water partition coefficient (Wildman–Crippen LogP) is 2.74. The van der Waals surface area contributed by atoms with Crippen molar-refractivity contribution in [1.29, 1.82) is 0 Å². The molecule has 0 amide bonds. The number of phenols is 6. The summed E-state index contributed by atoms with van der Waals surface area (Å²) in [7, 11) is 2.53. The normalized spacial score (nSPS) is 11.1. The Labute approximate surface area is 239 Å². The van der Waals surface area contributed by atoms with Crippen molar-refractivity contribution < 1.29 is 49.7 Å². The number of aromatic hydroxyl groups is 6. The Morgan fingerprint density at radius 3 is 1.10 bits per heavy atom. The molecular weight excluding hydrogens is 544 g/mol. The van der Waals surface area contributed by atoms with Crippen molar-refractivity contribution in [3.63, 3.8) is 0 Å². The molecule has 0 radical (unpaired) electrons. The molecule has 0 aliphatic heterocycles. The molecule has 42 heavy (non-hydrogen) atoms. The van der Waals surface area contributed by atoms with Crippen LogP contribution in [-0.4, -0.2) is 57.4 Å². The summed E-state index contributed by atoms with van der Waals surface area (Å²) in [4.78, 5) is 24.4. The fourth-order valence-corrected chi connectivity index (χ4v) is 5.62.